The normalized spacial score (nSPS) is 10.1. The van der Waals surface area contributed by atoms with Crippen molar-refractivity contribution in [2.45, 2.75) is 13.8 Å². The molecule has 0 saturated carbocycles. The van der Waals surface area contributed by atoms with Crippen LogP contribution in [-0.2, 0) is 0 Å². The molecule has 1 aromatic rings. The number of hydrogen-bond acceptors (Lipinski definition) is 2. The first-order valence-electron chi connectivity index (χ1n) is 5.29. The zero-order valence-corrected chi connectivity index (χ0v) is 9.67. The summed E-state index contributed by atoms with van der Waals surface area (Å²) in [4.78, 5) is 24.1. The standard InChI is InChI=1S/C12H13F2NO2/c1-3-15(4-2)12(17)8-5-6-10(13)11(14)9(8)7-16/h5-7H,3-4H2,1-2H3. The van der Waals surface area contributed by atoms with Crippen molar-refractivity contribution in [1.29, 1.82) is 0 Å². The third-order valence-corrected chi connectivity index (χ3v) is 2.53. The van der Waals surface area contributed by atoms with Gasteiger partial charge in [0.1, 0.15) is 0 Å². The van der Waals surface area contributed by atoms with E-state index in [1.54, 1.807) is 13.8 Å². The molecule has 0 spiro atoms. The Hall–Kier alpha value is -1.78. The van der Waals surface area contributed by atoms with Crippen molar-refractivity contribution < 1.29 is 18.4 Å². The molecule has 0 aliphatic carbocycles. The van der Waals surface area contributed by atoms with E-state index in [9.17, 15) is 18.4 Å². The van der Waals surface area contributed by atoms with Gasteiger partial charge in [0.05, 0.1) is 11.1 Å². The van der Waals surface area contributed by atoms with Gasteiger partial charge in [-0.15, -0.1) is 0 Å². The van der Waals surface area contributed by atoms with Gasteiger partial charge >= 0.3 is 0 Å². The van der Waals surface area contributed by atoms with Crippen LogP contribution in [0.15, 0.2) is 12.1 Å². The molecular weight excluding hydrogens is 228 g/mol. The van der Waals surface area contributed by atoms with E-state index in [-0.39, 0.29) is 11.8 Å². The molecule has 0 heterocycles. The molecule has 0 radical (unpaired) electrons. The van der Waals surface area contributed by atoms with Gasteiger partial charge in [0, 0.05) is 13.1 Å². The van der Waals surface area contributed by atoms with Crippen LogP contribution in [0.4, 0.5) is 8.78 Å². The fourth-order valence-corrected chi connectivity index (χ4v) is 1.55. The maximum atomic E-state index is 13.3. The summed E-state index contributed by atoms with van der Waals surface area (Å²) in [5.41, 5.74) is -0.635. The van der Waals surface area contributed by atoms with Gasteiger partial charge in [0.15, 0.2) is 17.9 Å². The van der Waals surface area contributed by atoms with E-state index in [1.165, 1.54) is 4.90 Å². The Bertz CT molecular complexity index is 442. The third-order valence-electron chi connectivity index (χ3n) is 2.53. The van der Waals surface area contributed by atoms with Gasteiger partial charge in [0.2, 0.25) is 0 Å². The zero-order valence-electron chi connectivity index (χ0n) is 9.67. The van der Waals surface area contributed by atoms with Crippen molar-refractivity contribution in [2.75, 3.05) is 13.1 Å². The molecule has 0 bridgehead atoms. The number of nitrogens with zero attached hydrogens (tertiary/aromatic N) is 1. The highest BCUT2D eigenvalue weighted by Crippen LogP contribution is 2.17. The van der Waals surface area contributed by atoms with Crippen LogP contribution in [-0.4, -0.2) is 30.2 Å². The van der Waals surface area contributed by atoms with Crippen molar-refractivity contribution >= 4 is 12.2 Å². The number of halogens is 2. The molecule has 0 atom stereocenters. The summed E-state index contributed by atoms with van der Waals surface area (Å²) in [5, 5.41) is 0. The Morgan fingerprint density at radius 3 is 2.35 bits per heavy atom. The number of rotatable bonds is 4. The molecule has 0 fully saturated rings. The molecule has 3 nitrogen and oxygen atoms in total. The molecule has 0 saturated heterocycles. The molecule has 1 amide bonds. The van der Waals surface area contributed by atoms with Crippen LogP contribution in [0.1, 0.15) is 34.6 Å². The summed E-state index contributed by atoms with van der Waals surface area (Å²) in [6, 6.07) is 1.97. The maximum Gasteiger partial charge on any atom is 0.254 e. The van der Waals surface area contributed by atoms with Crippen LogP contribution < -0.4 is 0 Å². The van der Waals surface area contributed by atoms with E-state index < -0.39 is 23.1 Å². The van der Waals surface area contributed by atoms with E-state index in [0.717, 1.165) is 12.1 Å². The Labute approximate surface area is 98.0 Å². The Morgan fingerprint density at radius 1 is 1.29 bits per heavy atom. The van der Waals surface area contributed by atoms with Gasteiger partial charge in [-0.05, 0) is 26.0 Å². The Morgan fingerprint density at radius 2 is 1.88 bits per heavy atom. The van der Waals surface area contributed by atoms with Crippen LogP contribution >= 0.6 is 0 Å². The minimum Gasteiger partial charge on any atom is -0.339 e. The van der Waals surface area contributed by atoms with Crippen molar-refractivity contribution in [2.24, 2.45) is 0 Å². The molecule has 0 aliphatic heterocycles. The molecule has 0 N–H and O–H groups in total. The number of carbonyl (C=O) groups excluding carboxylic acids is 2. The van der Waals surface area contributed by atoms with Gasteiger partial charge in [-0.25, -0.2) is 8.78 Å². The molecular formula is C12H13F2NO2. The number of amides is 1. The summed E-state index contributed by atoms with van der Waals surface area (Å²) in [5.74, 6) is -2.89. The number of carbonyl (C=O) groups is 2. The molecule has 5 heteroatoms. The average Bonchev–Trinajstić information content (AvgIpc) is 2.33. The van der Waals surface area contributed by atoms with Gasteiger partial charge in [0.25, 0.3) is 5.91 Å². The van der Waals surface area contributed by atoms with E-state index in [0.29, 0.717) is 13.1 Å². The Balaban J connectivity index is 3.27. The lowest BCUT2D eigenvalue weighted by atomic mass is 10.1. The summed E-state index contributed by atoms with van der Waals surface area (Å²) in [6.45, 7) is 4.41. The minimum absolute atomic E-state index is 0.109. The first-order chi connectivity index (χ1) is 8.06. The Kier molecular flexibility index (Phi) is 4.31. The predicted molar refractivity (Wildman–Crippen MR) is 59.0 cm³/mol. The molecule has 0 aromatic heterocycles. The summed E-state index contributed by atoms with van der Waals surface area (Å²) in [6.07, 6.45) is 0.162. The molecule has 92 valence electrons. The minimum atomic E-state index is -1.28. The fraction of sp³-hybridized carbons (Fsp3) is 0.333. The molecule has 17 heavy (non-hydrogen) atoms. The van der Waals surface area contributed by atoms with E-state index in [1.807, 2.05) is 0 Å². The highest BCUT2D eigenvalue weighted by atomic mass is 19.2. The summed E-state index contributed by atoms with van der Waals surface area (Å²) >= 11 is 0. The van der Waals surface area contributed by atoms with Crippen LogP contribution in [0.25, 0.3) is 0 Å². The topological polar surface area (TPSA) is 37.4 Å². The summed E-state index contributed by atoms with van der Waals surface area (Å²) in [7, 11) is 0. The lowest BCUT2D eigenvalue weighted by Gasteiger charge is -2.19. The SMILES string of the molecule is CCN(CC)C(=O)c1ccc(F)c(F)c1C=O. The quantitative estimate of drug-likeness (QED) is 0.758. The zero-order chi connectivity index (χ0) is 13.0. The van der Waals surface area contributed by atoms with E-state index >= 15 is 0 Å². The van der Waals surface area contributed by atoms with Crippen LogP contribution in [0.2, 0.25) is 0 Å². The number of aldehydes is 1. The van der Waals surface area contributed by atoms with Crippen molar-refractivity contribution in [1.82, 2.24) is 4.90 Å². The molecule has 1 rings (SSSR count). The van der Waals surface area contributed by atoms with Gasteiger partial charge in [-0.2, -0.15) is 0 Å². The van der Waals surface area contributed by atoms with Gasteiger partial charge in [-0.3, -0.25) is 9.59 Å². The smallest absolute Gasteiger partial charge is 0.254 e. The first-order valence-corrected chi connectivity index (χ1v) is 5.29. The second kappa shape index (κ2) is 5.52. The fourth-order valence-electron chi connectivity index (χ4n) is 1.55. The molecule has 0 unspecified atom stereocenters. The summed E-state index contributed by atoms with van der Waals surface area (Å²) < 4.78 is 26.2. The highest BCUT2D eigenvalue weighted by Gasteiger charge is 2.21. The lowest BCUT2D eigenvalue weighted by molar-refractivity contribution is 0.0769. The van der Waals surface area contributed by atoms with E-state index in [4.69, 9.17) is 0 Å². The lowest BCUT2D eigenvalue weighted by Crippen LogP contribution is -2.31. The van der Waals surface area contributed by atoms with Crippen LogP contribution in [0, 0.1) is 11.6 Å². The third kappa shape index (κ3) is 2.49. The van der Waals surface area contributed by atoms with Crippen molar-refractivity contribution in [3.05, 3.63) is 34.9 Å². The van der Waals surface area contributed by atoms with Crippen LogP contribution in [0.3, 0.4) is 0 Å². The van der Waals surface area contributed by atoms with Gasteiger partial charge in [-0.1, -0.05) is 0 Å². The monoisotopic (exact) mass is 241 g/mol. The average molecular weight is 241 g/mol. The second-order valence-electron chi connectivity index (χ2n) is 3.42. The molecule has 1 aromatic carbocycles. The number of hydrogen-bond donors (Lipinski definition) is 0. The van der Waals surface area contributed by atoms with Crippen molar-refractivity contribution in [3.63, 3.8) is 0 Å². The van der Waals surface area contributed by atoms with E-state index in [2.05, 4.69) is 0 Å². The first kappa shape index (κ1) is 13.3. The molecule has 0 aliphatic rings. The maximum absolute atomic E-state index is 13.3. The van der Waals surface area contributed by atoms with Crippen molar-refractivity contribution in [3.8, 4) is 0 Å². The van der Waals surface area contributed by atoms with Crippen LogP contribution in [0.5, 0.6) is 0 Å². The predicted octanol–water partition coefficient (Wildman–Crippen LogP) is 2.26. The highest BCUT2D eigenvalue weighted by molar-refractivity contribution is 6.01. The number of benzene rings is 1. The van der Waals surface area contributed by atoms with Gasteiger partial charge < -0.3 is 4.90 Å². The second-order valence-corrected chi connectivity index (χ2v) is 3.42. The largest absolute Gasteiger partial charge is 0.339 e.